The molecule has 2 aromatic rings. The third kappa shape index (κ3) is 3.80. The highest BCUT2D eigenvalue weighted by Crippen LogP contribution is 2.20. The number of carbonyl (C=O) groups is 1. The van der Waals surface area contributed by atoms with Crippen LogP contribution in [0.15, 0.2) is 48.5 Å². The lowest BCUT2D eigenvalue weighted by atomic mass is 10.1. The van der Waals surface area contributed by atoms with E-state index >= 15 is 0 Å². The Kier molecular flexibility index (Phi) is 4.91. The predicted molar refractivity (Wildman–Crippen MR) is 78.1 cm³/mol. The number of hydrogen-bond acceptors (Lipinski definition) is 2. The van der Waals surface area contributed by atoms with E-state index in [2.05, 4.69) is 5.32 Å². The molecule has 0 saturated heterocycles. The summed E-state index contributed by atoms with van der Waals surface area (Å²) in [5.41, 5.74) is 0.800. The van der Waals surface area contributed by atoms with Crippen LogP contribution in [0.1, 0.15) is 17.2 Å². The molecule has 0 bridgehead atoms. The first-order valence-corrected chi connectivity index (χ1v) is 6.66. The maximum Gasteiger partial charge on any atom is 0.225 e. The summed E-state index contributed by atoms with van der Waals surface area (Å²) in [6.07, 6.45) is -0.212. The van der Waals surface area contributed by atoms with Crippen molar-refractivity contribution < 1.29 is 9.18 Å². The third-order valence-corrected chi connectivity index (χ3v) is 3.32. The first kappa shape index (κ1) is 15.0. The molecule has 2 aromatic carbocycles. The smallest absolute Gasteiger partial charge is 0.225 e. The molecule has 0 spiro atoms. The molecule has 0 aromatic heterocycles. The fraction of sp³-hybridized carbons (Fsp3) is 0.125. The normalized spacial score (nSPS) is 11.5. The molecule has 1 N–H and O–H groups in total. The Bertz CT molecular complexity index is 662. The van der Waals surface area contributed by atoms with Crippen molar-refractivity contribution in [3.05, 3.63) is 70.5 Å². The zero-order valence-corrected chi connectivity index (χ0v) is 11.8. The monoisotopic (exact) mass is 302 g/mol. The standard InChI is InChI=1S/C16H12ClFN2O/c17-13-7-4-8-14(18)12(13)9-16(21)20-15(10-19)11-5-2-1-3-6-11/h1-8,15H,9H2,(H,20,21). The summed E-state index contributed by atoms with van der Waals surface area (Å²) >= 11 is 5.88. The van der Waals surface area contributed by atoms with Crippen molar-refractivity contribution in [3.63, 3.8) is 0 Å². The molecule has 0 aliphatic rings. The summed E-state index contributed by atoms with van der Waals surface area (Å²) in [5.74, 6) is -0.997. The molecule has 0 heterocycles. The number of rotatable bonds is 4. The quantitative estimate of drug-likeness (QED) is 0.941. The van der Waals surface area contributed by atoms with Crippen molar-refractivity contribution in [2.24, 2.45) is 0 Å². The van der Waals surface area contributed by atoms with E-state index in [-0.39, 0.29) is 17.0 Å². The topological polar surface area (TPSA) is 52.9 Å². The summed E-state index contributed by atoms with van der Waals surface area (Å²) < 4.78 is 13.6. The van der Waals surface area contributed by atoms with E-state index < -0.39 is 17.8 Å². The summed E-state index contributed by atoms with van der Waals surface area (Å²) in [5, 5.41) is 11.9. The van der Waals surface area contributed by atoms with Gasteiger partial charge in [-0.25, -0.2) is 4.39 Å². The van der Waals surface area contributed by atoms with Crippen LogP contribution in [0.2, 0.25) is 5.02 Å². The Morgan fingerprint density at radius 3 is 2.57 bits per heavy atom. The molecule has 1 amide bonds. The zero-order chi connectivity index (χ0) is 15.2. The van der Waals surface area contributed by atoms with Gasteiger partial charge in [0.15, 0.2) is 0 Å². The maximum absolute atomic E-state index is 13.6. The van der Waals surface area contributed by atoms with Crippen molar-refractivity contribution in [3.8, 4) is 6.07 Å². The predicted octanol–water partition coefficient (Wildman–Crippen LogP) is 3.40. The number of halogens is 2. The van der Waals surface area contributed by atoms with E-state index in [4.69, 9.17) is 16.9 Å². The summed E-state index contributed by atoms with van der Waals surface area (Å²) in [7, 11) is 0. The van der Waals surface area contributed by atoms with Crippen molar-refractivity contribution in [2.75, 3.05) is 0 Å². The molecule has 5 heteroatoms. The Morgan fingerprint density at radius 1 is 1.24 bits per heavy atom. The van der Waals surface area contributed by atoms with E-state index in [0.29, 0.717) is 5.56 Å². The van der Waals surface area contributed by atoms with Gasteiger partial charge >= 0.3 is 0 Å². The molecular formula is C16H12ClFN2O. The summed E-state index contributed by atoms with van der Waals surface area (Å²) in [6, 6.07) is 14.3. The molecular weight excluding hydrogens is 291 g/mol. The minimum absolute atomic E-state index is 0.126. The van der Waals surface area contributed by atoms with Crippen LogP contribution >= 0.6 is 11.6 Å². The highest BCUT2D eigenvalue weighted by atomic mass is 35.5. The Labute approximate surface area is 127 Å². The number of hydrogen-bond donors (Lipinski definition) is 1. The van der Waals surface area contributed by atoms with Crippen LogP contribution in [-0.4, -0.2) is 5.91 Å². The Balaban J connectivity index is 2.10. The van der Waals surface area contributed by atoms with Gasteiger partial charge in [0, 0.05) is 10.6 Å². The van der Waals surface area contributed by atoms with Crippen LogP contribution in [0.25, 0.3) is 0 Å². The van der Waals surface area contributed by atoms with Gasteiger partial charge in [-0.05, 0) is 17.7 Å². The average Bonchev–Trinajstić information content (AvgIpc) is 2.49. The second-order valence-electron chi connectivity index (χ2n) is 4.42. The van der Waals surface area contributed by atoms with Gasteiger partial charge in [0.1, 0.15) is 11.9 Å². The van der Waals surface area contributed by atoms with E-state index in [9.17, 15) is 9.18 Å². The highest BCUT2D eigenvalue weighted by molar-refractivity contribution is 6.31. The number of benzene rings is 2. The minimum Gasteiger partial charge on any atom is -0.336 e. The van der Waals surface area contributed by atoms with Gasteiger partial charge < -0.3 is 5.32 Å². The van der Waals surface area contributed by atoms with Crippen molar-refractivity contribution in [2.45, 2.75) is 12.5 Å². The molecule has 3 nitrogen and oxygen atoms in total. The summed E-state index contributed by atoms with van der Waals surface area (Å²) in [6.45, 7) is 0. The van der Waals surface area contributed by atoms with Crippen LogP contribution in [-0.2, 0) is 11.2 Å². The zero-order valence-electron chi connectivity index (χ0n) is 11.0. The number of nitrogens with one attached hydrogen (secondary N) is 1. The Morgan fingerprint density at radius 2 is 1.95 bits per heavy atom. The minimum atomic E-state index is -0.774. The maximum atomic E-state index is 13.6. The van der Waals surface area contributed by atoms with Crippen molar-refractivity contribution >= 4 is 17.5 Å². The van der Waals surface area contributed by atoms with Crippen LogP contribution in [0.3, 0.4) is 0 Å². The molecule has 1 unspecified atom stereocenters. The van der Waals surface area contributed by atoms with Crippen LogP contribution in [0.5, 0.6) is 0 Å². The van der Waals surface area contributed by atoms with Crippen molar-refractivity contribution in [1.82, 2.24) is 5.32 Å². The molecule has 0 fully saturated rings. The van der Waals surface area contributed by atoms with Gasteiger partial charge in [0.05, 0.1) is 12.5 Å². The van der Waals surface area contributed by atoms with E-state index in [1.165, 1.54) is 18.2 Å². The second kappa shape index (κ2) is 6.87. The second-order valence-corrected chi connectivity index (χ2v) is 4.82. The van der Waals surface area contributed by atoms with Gasteiger partial charge in [-0.2, -0.15) is 5.26 Å². The van der Waals surface area contributed by atoms with Crippen LogP contribution in [0.4, 0.5) is 4.39 Å². The number of nitrogens with zero attached hydrogens (tertiary/aromatic N) is 1. The number of nitriles is 1. The summed E-state index contributed by atoms with van der Waals surface area (Å²) in [4.78, 5) is 12.0. The number of amides is 1. The lowest BCUT2D eigenvalue weighted by Gasteiger charge is -2.12. The fourth-order valence-corrected chi connectivity index (χ4v) is 2.14. The molecule has 0 saturated carbocycles. The average molecular weight is 303 g/mol. The molecule has 0 radical (unpaired) electrons. The van der Waals surface area contributed by atoms with Crippen LogP contribution in [0, 0.1) is 17.1 Å². The van der Waals surface area contributed by atoms with Gasteiger partial charge in [0.2, 0.25) is 5.91 Å². The molecule has 0 aliphatic carbocycles. The largest absolute Gasteiger partial charge is 0.336 e. The first-order chi connectivity index (χ1) is 10.1. The molecule has 21 heavy (non-hydrogen) atoms. The van der Waals surface area contributed by atoms with E-state index in [0.717, 1.165) is 0 Å². The SMILES string of the molecule is N#CC(NC(=O)Cc1c(F)cccc1Cl)c1ccccc1. The first-order valence-electron chi connectivity index (χ1n) is 6.28. The van der Waals surface area contributed by atoms with Gasteiger partial charge in [-0.1, -0.05) is 48.0 Å². The fourth-order valence-electron chi connectivity index (χ4n) is 1.91. The lowest BCUT2D eigenvalue weighted by Crippen LogP contribution is -2.29. The molecule has 1 atom stereocenters. The van der Waals surface area contributed by atoms with E-state index in [1.807, 2.05) is 12.1 Å². The molecule has 0 aliphatic heterocycles. The van der Waals surface area contributed by atoms with Crippen molar-refractivity contribution in [1.29, 1.82) is 5.26 Å². The molecule has 2 rings (SSSR count). The Hall–Kier alpha value is -2.38. The lowest BCUT2D eigenvalue weighted by molar-refractivity contribution is -0.120. The van der Waals surface area contributed by atoms with Crippen LogP contribution < -0.4 is 5.32 Å². The van der Waals surface area contributed by atoms with Gasteiger partial charge in [0.25, 0.3) is 0 Å². The third-order valence-electron chi connectivity index (χ3n) is 2.97. The number of carbonyl (C=O) groups excluding carboxylic acids is 1. The van der Waals surface area contributed by atoms with Gasteiger partial charge in [-0.3, -0.25) is 4.79 Å². The van der Waals surface area contributed by atoms with E-state index in [1.54, 1.807) is 24.3 Å². The highest BCUT2D eigenvalue weighted by Gasteiger charge is 2.16. The molecule has 106 valence electrons. The van der Waals surface area contributed by atoms with Gasteiger partial charge in [-0.15, -0.1) is 0 Å².